The van der Waals surface area contributed by atoms with Crippen molar-refractivity contribution in [3.8, 4) is 0 Å². The minimum Gasteiger partial charge on any atom is -0.458 e. The molecule has 7 nitrogen and oxygen atoms in total. The molecule has 1 N–H and O–H groups in total. The Morgan fingerprint density at radius 2 is 1.97 bits per heavy atom. The zero-order valence-corrected chi connectivity index (χ0v) is 20.4. The van der Waals surface area contributed by atoms with Crippen LogP contribution in [0.4, 0.5) is 5.69 Å². The fourth-order valence-electron chi connectivity index (χ4n) is 4.09. The van der Waals surface area contributed by atoms with Gasteiger partial charge in [-0.3, -0.25) is 14.2 Å². The highest BCUT2D eigenvalue weighted by molar-refractivity contribution is 7.20. The van der Waals surface area contributed by atoms with E-state index in [9.17, 15) is 14.4 Å². The summed E-state index contributed by atoms with van der Waals surface area (Å²) in [5.41, 5.74) is 1.62. The summed E-state index contributed by atoms with van der Waals surface area (Å²) in [7, 11) is 0. The Morgan fingerprint density at radius 3 is 2.70 bits per heavy atom. The Labute approximate surface area is 200 Å². The van der Waals surface area contributed by atoms with Gasteiger partial charge in [0.2, 0.25) is 5.91 Å². The van der Waals surface area contributed by atoms with E-state index in [0.717, 1.165) is 42.6 Å². The van der Waals surface area contributed by atoms with Crippen LogP contribution in [-0.2, 0) is 9.53 Å². The minimum atomic E-state index is -0.815. The van der Waals surface area contributed by atoms with E-state index in [-0.39, 0.29) is 17.6 Å². The first-order valence-corrected chi connectivity index (χ1v) is 12.2. The number of halogens is 1. The number of aromatic nitrogens is 2. The van der Waals surface area contributed by atoms with Crippen molar-refractivity contribution in [2.45, 2.75) is 65.0 Å². The number of benzene rings is 1. The molecule has 174 valence electrons. The van der Waals surface area contributed by atoms with E-state index in [1.165, 1.54) is 17.3 Å². The summed E-state index contributed by atoms with van der Waals surface area (Å²) < 4.78 is 6.98. The number of carbonyl (C=O) groups excluding carboxylic acids is 2. The highest BCUT2D eigenvalue weighted by Crippen LogP contribution is 2.30. The standard InChI is InChI=1S/C24H26ClN3O4S/c1-13-9-10-16(25)11-18(13)27-21(29)15(3)28-12-26-22-19(23(28)30)14(2)20(33-22)24(31)32-17-7-5-4-6-8-17/h9-12,15,17H,4-8H2,1-3H3,(H,27,29). The van der Waals surface area contributed by atoms with Gasteiger partial charge >= 0.3 is 5.97 Å². The number of thiophene rings is 1. The van der Waals surface area contributed by atoms with Crippen molar-refractivity contribution in [1.29, 1.82) is 0 Å². The van der Waals surface area contributed by atoms with Crippen LogP contribution in [-0.4, -0.2) is 27.5 Å². The Hall–Kier alpha value is -2.71. The lowest BCUT2D eigenvalue weighted by Gasteiger charge is -2.21. The normalized spacial score (nSPS) is 15.4. The van der Waals surface area contributed by atoms with Crippen molar-refractivity contribution in [2.75, 3.05) is 5.32 Å². The largest absolute Gasteiger partial charge is 0.458 e. The van der Waals surface area contributed by atoms with E-state index >= 15 is 0 Å². The van der Waals surface area contributed by atoms with E-state index in [4.69, 9.17) is 16.3 Å². The quantitative estimate of drug-likeness (QED) is 0.485. The van der Waals surface area contributed by atoms with Gasteiger partial charge in [-0.05, 0) is 69.7 Å². The highest BCUT2D eigenvalue weighted by Gasteiger charge is 2.26. The van der Waals surface area contributed by atoms with Gasteiger partial charge in [0.05, 0.1) is 11.7 Å². The average Bonchev–Trinajstić information content (AvgIpc) is 3.14. The zero-order valence-electron chi connectivity index (χ0n) is 18.8. The Bertz CT molecular complexity index is 1280. The third kappa shape index (κ3) is 4.82. The number of ether oxygens (including phenoxy) is 1. The number of fused-ring (bicyclic) bond motifs is 1. The first kappa shape index (κ1) is 23.4. The molecule has 3 aromatic rings. The fraction of sp³-hybridized carbons (Fsp3) is 0.417. The van der Waals surface area contributed by atoms with E-state index in [2.05, 4.69) is 10.3 Å². The number of nitrogens with one attached hydrogen (secondary N) is 1. The maximum absolute atomic E-state index is 13.3. The molecule has 1 fully saturated rings. The van der Waals surface area contributed by atoms with Gasteiger partial charge < -0.3 is 10.1 Å². The summed E-state index contributed by atoms with van der Waals surface area (Å²) >= 11 is 7.20. The molecule has 1 saturated carbocycles. The molecule has 0 bridgehead atoms. The number of anilines is 1. The molecule has 4 rings (SSSR count). The first-order valence-electron chi connectivity index (χ1n) is 11.0. The fourth-order valence-corrected chi connectivity index (χ4v) is 5.28. The monoisotopic (exact) mass is 487 g/mol. The summed E-state index contributed by atoms with van der Waals surface area (Å²) in [5.74, 6) is -0.774. The summed E-state index contributed by atoms with van der Waals surface area (Å²) in [6.07, 6.45) is 6.32. The van der Waals surface area contributed by atoms with Gasteiger partial charge in [0.25, 0.3) is 5.56 Å². The van der Waals surface area contributed by atoms with Gasteiger partial charge in [0.15, 0.2) is 0 Å². The third-order valence-electron chi connectivity index (χ3n) is 6.14. The van der Waals surface area contributed by atoms with Crippen LogP contribution < -0.4 is 10.9 Å². The summed E-state index contributed by atoms with van der Waals surface area (Å²) in [4.78, 5) is 44.1. The number of amides is 1. The number of nitrogens with zero attached hydrogens (tertiary/aromatic N) is 2. The maximum Gasteiger partial charge on any atom is 0.348 e. The molecule has 0 aliphatic heterocycles. The predicted octanol–water partition coefficient (Wildman–Crippen LogP) is 5.42. The lowest BCUT2D eigenvalue weighted by atomic mass is 9.98. The van der Waals surface area contributed by atoms with Crippen LogP contribution in [0.2, 0.25) is 5.02 Å². The average molecular weight is 488 g/mol. The molecule has 1 aromatic carbocycles. The number of esters is 1. The van der Waals surface area contributed by atoms with Crippen LogP contribution in [0, 0.1) is 13.8 Å². The number of hydrogen-bond donors (Lipinski definition) is 1. The molecule has 1 unspecified atom stereocenters. The van der Waals surface area contributed by atoms with Crippen LogP contribution >= 0.6 is 22.9 Å². The van der Waals surface area contributed by atoms with Gasteiger partial charge in [-0.1, -0.05) is 24.1 Å². The molecular formula is C24H26ClN3O4S. The summed E-state index contributed by atoms with van der Waals surface area (Å²) in [6.45, 7) is 5.22. The van der Waals surface area contributed by atoms with Gasteiger partial charge in [0.1, 0.15) is 21.9 Å². The molecule has 1 amide bonds. The Morgan fingerprint density at radius 1 is 1.24 bits per heavy atom. The number of hydrogen-bond acceptors (Lipinski definition) is 6. The van der Waals surface area contributed by atoms with Crippen molar-refractivity contribution < 1.29 is 14.3 Å². The van der Waals surface area contributed by atoms with E-state index in [1.54, 1.807) is 26.0 Å². The molecule has 1 atom stereocenters. The molecule has 0 saturated heterocycles. The van der Waals surface area contributed by atoms with Crippen LogP contribution in [0.3, 0.4) is 0 Å². The topological polar surface area (TPSA) is 90.3 Å². The van der Waals surface area contributed by atoms with Crippen molar-refractivity contribution in [2.24, 2.45) is 0 Å². The second kappa shape index (κ2) is 9.65. The molecule has 1 aliphatic carbocycles. The molecule has 2 aromatic heterocycles. The van der Waals surface area contributed by atoms with Crippen LogP contribution in [0.1, 0.15) is 65.9 Å². The maximum atomic E-state index is 13.3. The summed E-state index contributed by atoms with van der Waals surface area (Å²) in [6, 6.07) is 4.41. The second-order valence-electron chi connectivity index (χ2n) is 8.48. The van der Waals surface area contributed by atoms with Crippen LogP contribution in [0.5, 0.6) is 0 Å². The second-order valence-corrected chi connectivity index (χ2v) is 9.92. The highest BCUT2D eigenvalue weighted by atomic mass is 35.5. The Balaban J connectivity index is 1.60. The van der Waals surface area contributed by atoms with Gasteiger partial charge in [-0.2, -0.15) is 0 Å². The smallest absolute Gasteiger partial charge is 0.348 e. The molecule has 2 heterocycles. The summed E-state index contributed by atoms with van der Waals surface area (Å²) in [5, 5.41) is 3.67. The predicted molar refractivity (Wildman–Crippen MR) is 130 cm³/mol. The molecule has 9 heteroatoms. The molecule has 33 heavy (non-hydrogen) atoms. The zero-order chi connectivity index (χ0) is 23.7. The van der Waals surface area contributed by atoms with Crippen molar-refractivity contribution in [3.63, 3.8) is 0 Å². The first-order chi connectivity index (χ1) is 15.8. The van der Waals surface area contributed by atoms with Crippen LogP contribution in [0.15, 0.2) is 29.3 Å². The van der Waals surface area contributed by atoms with Gasteiger partial charge in [-0.15, -0.1) is 11.3 Å². The van der Waals surface area contributed by atoms with Crippen molar-refractivity contribution in [3.05, 3.63) is 55.9 Å². The molecule has 0 radical (unpaired) electrons. The lowest BCUT2D eigenvalue weighted by molar-refractivity contribution is -0.118. The molecule has 0 spiro atoms. The van der Waals surface area contributed by atoms with Gasteiger partial charge in [-0.25, -0.2) is 9.78 Å². The molecule has 1 aliphatic rings. The molecular weight excluding hydrogens is 462 g/mol. The number of rotatable bonds is 5. The Kier molecular flexibility index (Phi) is 6.86. The van der Waals surface area contributed by atoms with Crippen molar-refractivity contribution in [1.82, 2.24) is 9.55 Å². The number of aryl methyl sites for hydroxylation is 2. The third-order valence-corrected chi connectivity index (χ3v) is 7.56. The lowest BCUT2D eigenvalue weighted by Crippen LogP contribution is -2.32. The van der Waals surface area contributed by atoms with E-state index < -0.39 is 12.0 Å². The minimum absolute atomic E-state index is 0.0702. The SMILES string of the molecule is Cc1ccc(Cl)cc1NC(=O)C(C)n1cnc2sc(C(=O)OC3CCCCC3)c(C)c2c1=O. The van der Waals surface area contributed by atoms with E-state index in [1.807, 2.05) is 13.0 Å². The van der Waals surface area contributed by atoms with Gasteiger partial charge in [0, 0.05) is 10.7 Å². The van der Waals surface area contributed by atoms with E-state index in [0.29, 0.717) is 31.4 Å². The number of carbonyl (C=O) groups is 2. The van der Waals surface area contributed by atoms with Crippen LogP contribution in [0.25, 0.3) is 10.2 Å². The van der Waals surface area contributed by atoms with Crippen molar-refractivity contribution >= 4 is 50.7 Å².